The third-order valence-corrected chi connectivity index (χ3v) is 6.20. The van der Waals surface area contributed by atoms with Crippen LogP contribution < -0.4 is 0 Å². The van der Waals surface area contributed by atoms with Crippen LogP contribution >= 0.6 is 0 Å². The first-order chi connectivity index (χ1) is 12.9. The number of rotatable bonds is 4. The second kappa shape index (κ2) is 8.89. The predicted molar refractivity (Wildman–Crippen MR) is 109 cm³/mol. The van der Waals surface area contributed by atoms with Crippen molar-refractivity contribution in [2.75, 3.05) is 26.2 Å². The van der Waals surface area contributed by atoms with E-state index in [0.29, 0.717) is 6.04 Å². The van der Waals surface area contributed by atoms with Crippen molar-refractivity contribution in [1.29, 1.82) is 0 Å². The molecule has 1 aromatic carbocycles. The average molecular weight is 349 g/mol. The zero-order chi connectivity index (χ0) is 17.6. The van der Waals surface area contributed by atoms with Crippen LogP contribution in [0.3, 0.4) is 0 Å². The first-order valence-corrected chi connectivity index (χ1v) is 10.6. The monoisotopic (exact) mass is 348 g/mol. The van der Waals surface area contributed by atoms with Crippen molar-refractivity contribution >= 4 is 0 Å². The van der Waals surface area contributed by atoms with E-state index < -0.39 is 0 Å². The molecule has 26 heavy (non-hydrogen) atoms. The van der Waals surface area contributed by atoms with Crippen molar-refractivity contribution in [3.8, 4) is 11.8 Å². The molecule has 0 radical (unpaired) electrons. The molecule has 2 heteroatoms. The second-order valence-corrected chi connectivity index (χ2v) is 8.10. The highest BCUT2D eigenvalue weighted by atomic mass is 15.3. The molecule has 2 heterocycles. The predicted octanol–water partition coefficient (Wildman–Crippen LogP) is 4.79. The fraction of sp³-hybridized carbons (Fsp3) is 0.583. The summed E-state index contributed by atoms with van der Waals surface area (Å²) in [5, 5.41) is 0. The molecular formula is C24H32N2. The number of hydrogen-bond acceptors (Lipinski definition) is 2. The summed E-state index contributed by atoms with van der Waals surface area (Å²) in [5.74, 6) is 7.26. The molecule has 4 rings (SSSR count). The Bertz CT molecular complexity index is 660. The molecule has 138 valence electrons. The summed E-state index contributed by atoms with van der Waals surface area (Å²) in [6, 6.07) is 11.9. The molecule has 2 atom stereocenters. The third-order valence-electron chi connectivity index (χ3n) is 6.20. The summed E-state index contributed by atoms with van der Waals surface area (Å²) < 4.78 is 0. The molecule has 2 fully saturated rings. The topological polar surface area (TPSA) is 6.48 Å². The average Bonchev–Trinajstić information content (AvgIpc) is 3.37. The van der Waals surface area contributed by atoms with Gasteiger partial charge in [-0.15, -0.1) is 0 Å². The number of hydrogen-bond donors (Lipinski definition) is 0. The van der Waals surface area contributed by atoms with Gasteiger partial charge in [0.25, 0.3) is 0 Å². The maximum Gasteiger partial charge on any atom is 0.0977 e. The first-order valence-electron chi connectivity index (χ1n) is 10.6. The van der Waals surface area contributed by atoms with Crippen LogP contribution in [-0.4, -0.2) is 42.0 Å². The Morgan fingerprint density at radius 3 is 2.58 bits per heavy atom. The zero-order valence-electron chi connectivity index (χ0n) is 16.0. The fourth-order valence-electron chi connectivity index (χ4n) is 4.76. The van der Waals surface area contributed by atoms with E-state index in [1.807, 2.05) is 0 Å². The number of allylic oxidation sites excluding steroid dienone is 2. The standard InChI is InChI=1S/C24H32N2/c1-3-10-21(11-4-1)15-16-24(22-12-5-2-6-13-22)26-19-9-14-23(26)20-25-17-7-8-18-25/h2,5-6,10,12-13,23-24H,1,3-4,7-9,11,14,17-20H2. The van der Waals surface area contributed by atoms with E-state index >= 15 is 0 Å². The highest BCUT2D eigenvalue weighted by molar-refractivity contribution is 5.35. The molecule has 0 saturated carbocycles. The molecule has 2 aliphatic heterocycles. The number of benzene rings is 1. The molecule has 2 saturated heterocycles. The Labute approximate surface area is 159 Å². The molecule has 0 bridgehead atoms. The molecule has 1 aliphatic carbocycles. The van der Waals surface area contributed by atoms with E-state index in [2.05, 4.69) is 58.0 Å². The van der Waals surface area contributed by atoms with Gasteiger partial charge in [0.2, 0.25) is 0 Å². The normalized spacial score (nSPS) is 25.5. The van der Waals surface area contributed by atoms with E-state index in [1.165, 1.54) is 88.7 Å². The Balaban J connectivity index is 1.55. The Morgan fingerprint density at radius 1 is 0.962 bits per heavy atom. The van der Waals surface area contributed by atoms with Gasteiger partial charge < -0.3 is 4.90 Å². The van der Waals surface area contributed by atoms with Gasteiger partial charge in [0.05, 0.1) is 6.04 Å². The van der Waals surface area contributed by atoms with Crippen molar-refractivity contribution in [1.82, 2.24) is 9.80 Å². The summed E-state index contributed by atoms with van der Waals surface area (Å²) in [6.45, 7) is 5.00. The molecule has 0 N–H and O–H groups in total. The Kier molecular flexibility index (Phi) is 6.10. The van der Waals surface area contributed by atoms with Gasteiger partial charge in [-0.3, -0.25) is 4.90 Å². The molecular weight excluding hydrogens is 316 g/mol. The van der Waals surface area contributed by atoms with E-state index in [4.69, 9.17) is 0 Å². The van der Waals surface area contributed by atoms with E-state index in [-0.39, 0.29) is 6.04 Å². The molecule has 3 aliphatic rings. The number of nitrogens with zero attached hydrogens (tertiary/aromatic N) is 2. The van der Waals surface area contributed by atoms with Gasteiger partial charge in [-0.05, 0) is 75.6 Å². The maximum atomic E-state index is 3.69. The van der Waals surface area contributed by atoms with Crippen LogP contribution in [0.5, 0.6) is 0 Å². The molecule has 0 amide bonds. The van der Waals surface area contributed by atoms with Gasteiger partial charge in [-0.2, -0.15) is 0 Å². The molecule has 2 nitrogen and oxygen atoms in total. The van der Waals surface area contributed by atoms with Gasteiger partial charge >= 0.3 is 0 Å². The van der Waals surface area contributed by atoms with Crippen LogP contribution in [0.1, 0.15) is 63.0 Å². The van der Waals surface area contributed by atoms with Crippen molar-refractivity contribution < 1.29 is 0 Å². The third kappa shape index (κ3) is 4.40. The summed E-state index contributed by atoms with van der Waals surface area (Å²) in [5.41, 5.74) is 2.73. The lowest BCUT2D eigenvalue weighted by Gasteiger charge is -2.32. The molecule has 0 aromatic heterocycles. The first kappa shape index (κ1) is 17.8. The summed E-state index contributed by atoms with van der Waals surface area (Å²) in [4.78, 5) is 5.37. The van der Waals surface area contributed by atoms with Gasteiger partial charge in [0, 0.05) is 19.1 Å². The van der Waals surface area contributed by atoms with Crippen molar-refractivity contribution in [2.24, 2.45) is 0 Å². The molecule has 0 spiro atoms. The minimum absolute atomic E-state index is 0.245. The highest BCUT2D eigenvalue weighted by Gasteiger charge is 2.32. The lowest BCUT2D eigenvalue weighted by molar-refractivity contribution is 0.169. The Hall–Kier alpha value is -1.56. The van der Waals surface area contributed by atoms with E-state index in [0.717, 1.165) is 0 Å². The minimum atomic E-state index is 0.245. The van der Waals surface area contributed by atoms with E-state index in [9.17, 15) is 0 Å². The lowest BCUT2D eigenvalue weighted by Crippen LogP contribution is -2.41. The van der Waals surface area contributed by atoms with Crippen LogP contribution in [0, 0.1) is 11.8 Å². The van der Waals surface area contributed by atoms with Crippen LogP contribution in [0.4, 0.5) is 0 Å². The smallest absolute Gasteiger partial charge is 0.0977 e. The Morgan fingerprint density at radius 2 is 1.81 bits per heavy atom. The van der Waals surface area contributed by atoms with Gasteiger partial charge in [0.15, 0.2) is 0 Å². The van der Waals surface area contributed by atoms with Crippen LogP contribution in [0.25, 0.3) is 0 Å². The van der Waals surface area contributed by atoms with Gasteiger partial charge in [0.1, 0.15) is 0 Å². The lowest BCUT2D eigenvalue weighted by atomic mass is 9.98. The largest absolute Gasteiger partial charge is 0.302 e. The summed E-state index contributed by atoms with van der Waals surface area (Å²) >= 11 is 0. The summed E-state index contributed by atoms with van der Waals surface area (Å²) in [6.07, 6.45) is 12.8. The molecule has 1 aromatic rings. The highest BCUT2D eigenvalue weighted by Crippen LogP contribution is 2.30. The van der Waals surface area contributed by atoms with E-state index in [1.54, 1.807) is 0 Å². The van der Waals surface area contributed by atoms with Crippen molar-refractivity contribution in [3.63, 3.8) is 0 Å². The van der Waals surface area contributed by atoms with Gasteiger partial charge in [-0.1, -0.05) is 48.2 Å². The van der Waals surface area contributed by atoms with Gasteiger partial charge in [-0.25, -0.2) is 0 Å². The number of likely N-dealkylation sites (tertiary alicyclic amines) is 2. The van der Waals surface area contributed by atoms with Crippen LogP contribution in [0.2, 0.25) is 0 Å². The van der Waals surface area contributed by atoms with Crippen molar-refractivity contribution in [2.45, 2.75) is 63.5 Å². The van der Waals surface area contributed by atoms with Crippen LogP contribution in [-0.2, 0) is 0 Å². The van der Waals surface area contributed by atoms with Crippen molar-refractivity contribution in [3.05, 3.63) is 47.5 Å². The minimum Gasteiger partial charge on any atom is -0.302 e. The quantitative estimate of drug-likeness (QED) is 0.722. The zero-order valence-corrected chi connectivity index (χ0v) is 16.0. The summed E-state index contributed by atoms with van der Waals surface area (Å²) in [7, 11) is 0. The maximum absolute atomic E-state index is 3.69. The second-order valence-electron chi connectivity index (χ2n) is 8.10. The van der Waals surface area contributed by atoms with Crippen LogP contribution in [0.15, 0.2) is 42.0 Å². The SMILES string of the molecule is C(#CC(c1ccccc1)N1CCCC1CN1CCCC1)C1=CCCCC1. The molecule has 2 unspecified atom stereocenters. The fourth-order valence-corrected chi connectivity index (χ4v) is 4.76.